The van der Waals surface area contributed by atoms with Gasteiger partial charge in [0.15, 0.2) is 5.13 Å². The summed E-state index contributed by atoms with van der Waals surface area (Å²) in [5.74, 6) is -1.46. The van der Waals surface area contributed by atoms with E-state index in [1.54, 1.807) is 5.38 Å². The SMILES string of the molecule is CCCC(=O)Nc1nc(C(=O)N(C)CCC(=O)O)cs1. The number of hydrogen-bond donors (Lipinski definition) is 2. The van der Waals surface area contributed by atoms with Crippen molar-refractivity contribution in [1.29, 1.82) is 0 Å². The fourth-order valence-electron chi connectivity index (χ4n) is 1.40. The van der Waals surface area contributed by atoms with E-state index in [1.165, 1.54) is 23.3 Å². The van der Waals surface area contributed by atoms with Crippen molar-refractivity contribution in [1.82, 2.24) is 9.88 Å². The Morgan fingerprint density at radius 3 is 2.70 bits per heavy atom. The molecule has 0 spiro atoms. The number of amides is 2. The van der Waals surface area contributed by atoms with E-state index in [9.17, 15) is 14.4 Å². The molecular weight excluding hydrogens is 282 g/mol. The smallest absolute Gasteiger partial charge is 0.305 e. The van der Waals surface area contributed by atoms with Gasteiger partial charge in [0.25, 0.3) is 5.91 Å². The summed E-state index contributed by atoms with van der Waals surface area (Å²) in [6, 6.07) is 0. The molecule has 1 aromatic rings. The molecule has 1 rings (SSSR count). The van der Waals surface area contributed by atoms with Crippen molar-refractivity contribution in [2.45, 2.75) is 26.2 Å². The molecule has 0 aliphatic carbocycles. The van der Waals surface area contributed by atoms with Gasteiger partial charge in [-0.15, -0.1) is 11.3 Å². The van der Waals surface area contributed by atoms with Gasteiger partial charge in [-0.25, -0.2) is 4.98 Å². The quantitative estimate of drug-likeness (QED) is 0.793. The van der Waals surface area contributed by atoms with E-state index in [1.807, 2.05) is 6.92 Å². The molecule has 0 fully saturated rings. The molecule has 8 heteroatoms. The first-order valence-corrected chi connectivity index (χ1v) is 7.04. The third-order valence-electron chi connectivity index (χ3n) is 2.45. The fraction of sp³-hybridized carbons (Fsp3) is 0.500. The third kappa shape index (κ3) is 4.96. The fourth-order valence-corrected chi connectivity index (χ4v) is 2.10. The molecule has 0 saturated carbocycles. The molecule has 110 valence electrons. The number of rotatable bonds is 7. The molecule has 2 amide bonds. The molecule has 2 N–H and O–H groups in total. The summed E-state index contributed by atoms with van der Waals surface area (Å²) in [6.07, 6.45) is 1.02. The maximum atomic E-state index is 11.9. The van der Waals surface area contributed by atoms with Crippen LogP contribution >= 0.6 is 11.3 Å². The normalized spacial score (nSPS) is 10.1. The van der Waals surface area contributed by atoms with Crippen molar-refractivity contribution in [2.24, 2.45) is 0 Å². The summed E-state index contributed by atoms with van der Waals surface area (Å²) in [5.41, 5.74) is 0.203. The number of aromatic nitrogens is 1. The van der Waals surface area contributed by atoms with Crippen molar-refractivity contribution >= 4 is 34.3 Å². The predicted octanol–water partition coefficient (Wildman–Crippen LogP) is 1.43. The molecule has 1 heterocycles. The minimum atomic E-state index is -0.963. The van der Waals surface area contributed by atoms with Gasteiger partial charge in [0.2, 0.25) is 5.91 Å². The largest absolute Gasteiger partial charge is 0.481 e. The van der Waals surface area contributed by atoms with Crippen LogP contribution in [0.15, 0.2) is 5.38 Å². The zero-order valence-corrected chi connectivity index (χ0v) is 12.2. The average Bonchev–Trinajstić information content (AvgIpc) is 2.83. The van der Waals surface area contributed by atoms with Crippen LogP contribution in [0.2, 0.25) is 0 Å². The number of nitrogens with one attached hydrogen (secondary N) is 1. The number of anilines is 1. The molecule has 7 nitrogen and oxygen atoms in total. The molecule has 0 radical (unpaired) electrons. The van der Waals surface area contributed by atoms with E-state index in [2.05, 4.69) is 10.3 Å². The van der Waals surface area contributed by atoms with Gasteiger partial charge in [-0.2, -0.15) is 0 Å². The summed E-state index contributed by atoms with van der Waals surface area (Å²) in [4.78, 5) is 39.1. The lowest BCUT2D eigenvalue weighted by Crippen LogP contribution is -2.29. The molecule has 0 bridgehead atoms. The number of hydrogen-bond acceptors (Lipinski definition) is 5. The number of nitrogens with zero attached hydrogens (tertiary/aromatic N) is 2. The highest BCUT2D eigenvalue weighted by atomic mass is 32.1. The van der Waals surface area contributed by atoms with Gasteiger partial charge in [0.1, 0.15) is 5.69 Å². The summed E-state index contributed by atoms with van der Waals surface area (Å²) in [5, 5.41) is 13.1. The first-order chi connectivity index (χ1) is 9.43. The Balaban J connectivity index is 2.59. The van der Waals surface area contributed by atoms with E-state index in [0.717, 1.165) is 6.42 Å². The lowest BCUT2D eigenvalue weighted by Gasteiger charge is -2.14. The number of carboxylic acid groups (broad SMARTS) is 1. The van der Waals surface area contributed by atoms with Crippen LogP contribution in [0.3, 0.4) is 0 Å². The maximum Gasteiger partial charge on any atom is 0.305 e. The first-order valence-electron chi connectivity index (χ1n) is 6.16. The van der Waals surface area contributed by atoms with Gasteiger partial charge < -0.3 is 15.3 Å². The van der Waals surface area contributed by atoms with E-state index in [0.29, 0.717) is 11.6 Å². The molecule has 0 saturated heterocycles. The maximum absolute atomic E-state index is 11.9. The van der Waals surface area contributed by atoms with Gasteiger partial charge in [-0.05, 0) is 6.42 Å². The second-order valence-corrected chi connectivity index (χ2v) is 5.06. The van der Waals surface area contributed by atoms with Crippen LogP contribution in [0.25, 0.3) is 0 Å². The van der Waals surface area contributed by atoms with Crippen LogP contribution in [-0.2, 0) is 9.59 Å². The minimum Gasteiger partial charge on any atom is -0.481 e. The number of aliphatic carboxylic acids is 1. The second kappa shape index (κ2) is 7.59. The van der Waals surface area contributed by atoms with Crippen molar-refractivity contribution in [2.75, 3.05) is 18.9 Å². The third-order valence-corrected chi connectivity index (χ3v) is 3.21. The lowest BCUT2D eigenvalue weighted by atomic mass is 10.3. The molecule has 0 aliphatic heterocycles. The van der Waals surface area contributed by atoms with Gasteiger partial charge in [0, 0.05) is 25.4 Å². The van der Waals surface area contributed by atoms with Gasteiger partial charge in [-0.1, -0.05) is 6.92 Å². The first kappa shape index (κ1) is 16.1. The Morgan fingerprint density at radius 1 is 1.40 bits per heavy atom. The Kier molecular flexibility index (Phi) is 6.10. The van der Waals surface area contributed by atoms with Crippen LogP contribution in [0.1, 0.15) is 36.7 Å². The van der Waals surface area contributed by atoms with Crippen LogP contribution in [0, 0.1) is 0 Å². The Morgan fingerprint density at radius 2 is 2.10 bits per heavy atom. The van der Waals surface area contributed by atoms with Gasteiger partial charge in [-0.3, -0.25) is 14.4 Å². The van der Waals surface area contributed by atoms with Crippen molar-refractivity contribution in [3.8, 4) is 0 Å². The number of thiazole rings is 1. The van der Waals surface area contributed by atoms with Crippen molar-refractivity contribution < 1.29 is 19.5 Å². The van der Waals surface area contributed by atoms with E-state index in [-0.39, 0.29) is 30.5 Å². The highest BCUT2D eigenvalue weighted by Crippen LogP contribution is 2.17. The van der Waals surface area contributed by atoms with Crippen LogP contribution < -0.4 is 5.32 Å². The van der Waals surface area contributed by atoms with E-state index < -0.39 is 5.97 Å². The molecule has 0 aromatic carbocycles. The molecule has 20 heavy (non-hydrogen) atoms. The number of carbonyl (C=O) groups is 3. The zero-order valence-electron chi connectivity index (χ0n) is 11.4. The van der Waals surface area contributed by atoms with E-state index in [4.69, 9.17) is 5.11 Å². The standard InChI is InChI=1S/C12H17N3O4S/c1-3-4-9(16)14-12-13-8(7-20-12)11(19)15(2)6-5-10(17)18/h7H,3-6H2,1-2H3,(H,17,18)(H,13,14,16). The highest BCUT2D eigenvalue weighted by molar-refractivity contribution is 7.14. The minimum absolute atomic E-state index is 0.114. The molecule has 0 atom stereocenters. The topological polar surface area (TPSA) is 99.6 Å². The Labute approximate surface area is 120 Å². The van der Waals surface area contributed by atoms with E-state index >= 15 is 0 Å². The summed E-state index contributed by atoms with van der Waals surface area (Å²) < 4.78 is 0. The van der Waals surface area contributed by atoms with Crippen LogP contribution in [0.4, 0.5) is 5.13 Å². The number of carbonyl (C=O) groups excluding carboxylic acids is 2. The van der Waals surface area contributed by atoms with Crippen molar-refractivity contribution in [3.63, 3.8) is 0 Å². The monoisotopic (exact) mass is 299 g/mol. The average molecular weight is 299 g/mol. The van der Waals surface area contributed by atoms with Gasteiger partial charge >= 0.3 is 5.97 Å². The summed E-state index contributed by atoms with van der Waals surface area (Å²) >= 11 is 1.17. The molecule has 0 aliphatic rings. The Bertz CT molecular complexity index is 501. The second-order valence-electron chi connectivity index (χ2n) is 4.21. The lowest BCUT2D eigenvalue weighted by molar-refractivity contribution is -0.137. The van der Waals surface area contributed by atoms with Crippen molar-refractivity contribution in [3.05, 3.63) is 11.1 Å². The summed E-state index contributed by atoms with van der Waals surface area (Å²) in [6.45, 7) is 2.01. The Hall–Kier alpha value is -1.96. The molecule has 1 aromatic heterocycles. The number of carboxylic acids is 1. The molecular formula is C12H17N3O4S. The zero-order chi connectivity index (χ0) is 15.1. The van der Waals surface area contributed by atoms with Crippen LogP contribution in [0.5, 0.6) is 0 Å². The van der Waals surface area contributed by atoms with Crippen LogP contribution in [-0.4, -0.2) is 46.4 Å². The predicted molar refractivity (Wildman–Crippen MR) is 74.9 cm³/mol. The summed E-state index contributed by atoms with van der Waals surface area (Å²) in [7, 11) is 1.51. The van der Waals surface area contributed by atoms with Gasteiger partial charge in [0.05, 0.1) is 6.42 Å². The highest BCUT2D eigenvalue weighted by Gasteiger charge is 2.16. The molecule has 0 unspecified atom stereocenters.